The lowest BCUT2D eigenvalue weighted by atomic mass is 9.73. The van der Waals surface area contributed by atoms with Crippen molar-refractivity contribution in [2.45, 2.75) is 43.2 Å². The van der Waals surface area contributed by atoms with E-state index in [2.05, 4.69) is 64.1 Å². The third kappa shape index (κ3) is 2.38. The van der Waals surface area contributed by atoms with Gasteiger partial charge in [0.05, 0.1) is 17.4 Å². The molecular weight excluding hydrogens is 374 g/mol. The third-order valence-electron chi connectivity index (χ3n) is 8.01. The van der Waals surface area contributed by atoms with Gasteiger partial charge in [0.2, 0.25) is 11.8 Å². The van der Waals surface area contributed by atoms with Gasteiger partial charge in [-0.25, -0.2) is 0 Å². The lowest BCUT2D eigenvalue weighted by Gasteiger charge is -2.48. The highest BCUT2D eigenvalue weighted by atomic mass is 16.2. The number of imide groups is 1. The van der Waals surface area contributed by atoms with Gasteiger partial charge in [0, 0.05) is 17.6 Å². The summed E-state index contributed by atoms with van der Waals surface area (Å²) in [5.74, 6) is -0.436. The second kappa shape index (κ2) is 6.67. The van der Waals surface area contributed by atoms with Crippen LogP contribution in [0.5, 0.6) is 0 Å². The largest absolute Gasteiger partial charge is 0.360 e. The van der Waals surface area contributed by atoms with Crippen LogP contribution in [0.2, 0.25) is 0 Å². The van der Waals surface area contributed by atoms with E-state index >= 15 is 0 Å². The molecule has 30 heavy (non-hydrogen) atoms. The molecule has 0 aromatic heterocycles. The van der Waals surface area contributed by atoms with Crippen molar-refractivity contribution in [3.63, 3.8) is 0 Å². The van der Waals surface area contributed by atoms with Gasteiger partial charge in [-0.1, -0.05) is 42.5 Å². The predicted molar refractivity (Wildman–Crippen MR) is 115 cm³/mol. The molecule has 3 saturated heterocycles. The minimum absolute atomic E-state index is 0.00519. The molecule has 1 aliphatic carbocycles. The van der Waals surface area contributed by atoms with Gasteiger partial charge in [-0.15, -0.1) is 0 Å². The molecule has 0 radical (unpaired) electrons. The van der Waals surface area contributed by atoms with Gasteiger partial charge in [0.1, 0.15) is 0 Å². The highest BCUT2D eigenvalue weighted by molar-refractivity contribution is 6.07. The molecule has 0 bridgehead atoms. The van der Waals surface area contributed by atoms with E-state index in [-0.39, 0.29) is 41.1 Å². The van der Waals surface area contributed by atoms with E-state index in [0.29, 0.717) is 0 Å². The van der Waals surface area contributed by atoms with E-state index in [0.717, 1.165) is 44.5 Å². The SMILES string of the molecule is O=C1NC(=O)C2C1C(C1CCc3ccccc31)N(c1ccccc1)C21CCNCC1. The van der Waals surface area contributed by atoms with Gasteiger partial charge in [-0.2, -0.15) is 0 Å². The zero-order valence-corrected chi connectivity index (χ0v) is 17.0. The quantitative estimate of drug-likeness (QED) is 0.760. The van der Waals surface area contributed by atoms with Gasteiger partial charge in [0.15, 0.2) is 0 Å². The van der Waals surface area contributed by atoms with E-state index in [4.69, 9.17) is 0 Å². The number of hydrogen-bond donors (Lipinski definition) is 2. The first-order chi connectivity index (χ1) is 14.7. The van der Waals surface area contributed by atoms with E-state index in [1.165, 1.54) is 11.1 Å². The molecule has 6 rings (SSSR count). The number of para-hydroxylation sites is 1. The second-order valence-corrected chi connectivity index (χ2v) is 9.25. The number of piperidine rings is 1. The lowest BCUT2D eigenvalue weighted by molar-refractivity contribution is -0.127. The van der Waals surface area contributed by atoms with Crippen LogP contribution in [0.15, 0.2) is 54.6 Å². The second-order valence-electron chi connectivity index (χ2n) is 9.25. The van der Waals surface area contributed by atoms with E-state index in [1.807, 2.05) is 6.07 Å². The van der Waals surface area contributed by atoms with Crippen LogP contribution >= 0.6 is 0 Å². The maximum absolute atomic E-state index is 13.2. The minimum Gasteiger partial charge on any atom is -0.360 e. The molecule has 4 unspecified atom stereocenters. The average molecular weight is 402 g/mol. The van der Waals surface area contributed by atoms with Crippen LogP contribution < -0.4 is 15.5 Å². The molecule has 2 aromatic rings. The average Bonchev–Trinajstić information content (AvgIpc) is 3.41. The molecule has 2 aromatic carbocycles. The molecule has 1 spiro atoms. The number of benzene rings is 2. The highest BCUT2D eigenvalue weighted by Crippen LogP contribution is 2.57. The molecule has 4 atom stereocenters. The van der Waals surface area contributed by atoms with Crippen molar-refractivity contribution in [2.75, 3.05) is 18.0 Å². The maximum atomic E-state index is 13.2. The van der Waals surface area contributed by atoms with E-state index in [9.17, 15) is 9.59 Å². The number of rotatable bonds is 2. The minimum atomic E-state index is -0.310. The Morgan fingerprint density at radius 3 is 2.43 bits per heavy atom. The molecule has 2 N–H and O–H groups in total. The van der Waals surface area contributed by atoms with E-state index in [1.54, 1.807) is 0 Å². The van der Waals surface area contributed by atoms with Crippen molar-refractivity contribution in [1.82, 2.24) is 10.6 Å². The third-order valence-corrected chi connectivity index (χ3v) is 8.01. The summed E-state index contributed by atoms with van der Waals surface area (Å²) < 4.78 is 0. The summed E-state index contributed by atoms with van der Waals surface area (Å²) in [7, 11) is 0. The van der Waals surface area contributed by atoms with Gasteiger partial charge >= 0.3 is 0 Å². The Bertz CT molecular complexity index is 998. The van der Waals surface area contributed by atoms with Crippen LogP contribution in [-0.2, 0) is 16.0 Å². The molecule has 154 valence electrons. The van der Waals surface area contributed by atoms with Crippen molar-refractivity contribution in [3.05, 3.63) is 65.7 Å². The number of aryl methyl sites for hydroxylation is 1. The summed E-state index contributed by atoms with van der Waals surface area (Å²) in [5.41, 5.74) is 3.59. The Kier molecular flexibility index (Phi) is 4.03. The number of hydrogen-bond acceptors (Lipinski definition) is 4. The van der Waals surface area contributed by atoms with Crippen LogP contribution in [0.1, 0.15) is 36.3 Å². The Labute approximate surface area is 176 Å². The summed E-state index contributed by atoms with van der Waals surface area (Å²) in [4.78, 5) is 28.8. The lowest BCUT2D eigenvalue weighted by Crippen LogP contribution is -2.59. The monoisotopic (exact) mass is 401 g/mol. The Balaban J connectivity index is 1.56. The molecule has 5 nitrogen and oxygen atoms in total. The number of amides is 2. The van der Waals surface area contributed by atoms with Crippen LogP contribution in [-0.4, -0.2) is 36.5 Å². The maximum Gasteiger partial charge on any atom is 0.232 e. The van der Waals surface area contributed by atoms with Crippen molar-refractivity contribution in [1.29, 1.82) is 0 Å². The first-order valence-electron chi connectivity index (χ1n) is 11.2. The zero-order valence-electron chi connectivity index (χ0n) is 17.0. The van der Waals surface area contributed by atoms with Gasteiger partial charge < -0.3 is 10.2 Å². The highest BCUT2D eigenvalue weighted by Gasteiger charge is 2.68. The topological polar surface area (TPSA) is 61.4 Å². The van der Waals surface area contributed by atoms with Crippen molar-refractivity contribution >= 4 is 17.5 Å². The first-order valence-corrected chi connectivity index (χ1v) is 11.2. The van der Waals surface area contributed by atoms with Crippen molar-refractivity contribution in [2.24, 2.45) is 11.8 Å². The molecule has 3 aliphatic heterocycles. The number of anilines is 1. The standard InChI is InChI=1S/C25H27N3O2/c29-23-20-21(24(30)27-23)25(12-14-26-15-13-25)28(17-7-2-1-3-8-17)22(20)19-11-10-16-6-4-5-9-18(16)19/h1-9,19-22,26H,10-15H2,(H,27,29,30). The van der Waals surface area contributed by atoms with Gasteiger partial charge in [-0.3, -0.25) is 14.9 Å². The predicted octanol–water partition coefficient (Wildman–Crippen LogP) is 2.62. The summed E-state index contributed by atoms with van der Waals surface area (Å²) in [6.45, 7) is 1.75. The van der Waals surface area contributed by atoms with Crippen LogP contribution in [0.3, 0.4) is 0 Å². The molecule has 3 fully saturated rings. The fourth-order valence-electron chi connectivity index (χ4n) is 6.94. The first kappa shape index (κ1) is 18.1. The molecule has 5 heteroatoms. The Morgan fingerprint density at radius 2 is 1.63 bits per heavy atom. The number of carbonyl (C=O) groups is 2. The molecule has 4 aliphatic rings. The summed E-state index contributed by atoms with van der Waals surface area (Å²) in [5, 5.41) is 6.19. The normalized spacial score (nSPS) is 31.7. The number of nitrogens with one attached hydrogen (secondary N) is 2. The molecule has 0 saturated carbocycles. The Hall–Kier alpha value is -2.66. The number of nitrogens with zero attached hydrogens (tertiary/aromatic N) is 1. The Morgan fingerprint density at radius 1 is 0.900 bits per heavy atom. The molecule has 3 heterocycles. The van der Waals surface area contributed by atoms with Gasteiger partial charge in [0.25, 0.3) is 0 Å². The van der Waals surface area contributed by atoms with E-state index < -0.39 is 0 Å². The number of carbonyl (C=O) groups excluding carboxylic acids is 2. The summed E-state index contributed by atoms with van der Waals surface area (Å²) >= 11 is 0. The summed E-state index contributed by atoms with van der Waals surface area (Å²) in [6, 6.07) is 19.1. The molecular formula is C25H27N3O2. The molecule has 2 amide bonds. The fraction of sp³-hybridized carbons (Fsp3) is 0.440. The smallest absolute Gasteiger partial charge is 0.232 e. The van der Waals surface area contributed by atoms with Crippen LogP contribution in [0, 0.1) is 11.8 Å². The zero-order chi connectivity index (χ0) is 20.3. The fourth-order valence-corrected chi connectivity index (χ4v) is 6.94. The van der Waals surface area contributed by atoms with Crippen LogP contribution in [0.4, 0.5) is 5.69 Å². The number of fused-ring (bicyclic) bond motifs is 3. The van der Waals surface area contributed by atoms with Crippen molar-refractivity contribution < 1.29 is 9.59 Å². The van der Waals surface area contributed by atoms with Gasteiger partial charge in [-0.05, 0) is 62.0 Å². The summed E-state index contributed by atoms with van der Waals surface area (Å²) in [6.07, 6.45) is 3.84. The van der Waals surface area contributed by atoms with Crippen LogP contribution in [0.25, 0.3) is 0 Å². The van der Waals surface area contributed by atoms with Crippen molar-refractivity contribution in [3.8, 4) is 0 Å².